The lowest BCUT2D eigenvalue weighted by Crippen LogP contribution is -2.10. The van der Waals surface area contributed by atoms with Gasteiger partial charge >= 0.3 is 0 Å². The molecule has 4 rings (SSSR count). The summed E-state index contributed by atoms with van der Waals surface area (Å²) >= 11 is 0. The number of hydrogen-bond acceptors (Lipinski definition) is 3. The second kappa shape index (κ2) is 13.7. The van der Waals surface area contributed by atoms with Crippen LogP contribution in [-0.2, 0) is 24.9 Å². The molecule has 0 saturated carbocycles. The Morgan fingerprint density at radius 2 is 1.51 bits per heavy atom. The highest BCUT2D eigenvalue weighted by atomic mass is 16.5. The lowest BCUT2D eigenvalue weighted by Gasteiger charge is -2.19. The molecule has 0 fully saturated rings. The third-order valence-corrected chi connectivity index (χ3v) is 7.35. The number of ether oxygens (including phenoxy) is 1. The van der Waals surface area contributed by atoms with Crippen LogP contribution in [0.2, 0.25) is 0 Å². The highest BCUT2D eigenvalue weighted by Crippen LogP contribution is 2.26. The Labute approximate surface area is 245 Å². The molecule has 0 saturated heterocycles. The monoisotopic (exact) mass is 541 g/mol. The van der Waals surface area contributed by atoms with Gasteiger partial charge in [0, 0.05) is 11.1 Å². The van der Waals surface area contributed by atoms with E-state index in [1.54, 1.807) is 0 Å². The maximum atomic E-state index is 9.64. The average Bonchev–Trinajstić information content (AvgIpc) is 2.98. The smallest absolute Gasteiger partial charge is 0.127 e. The minimum Gasteiger partial charge on any atom is -0.508 e. The van der Waals surface area contributed by atoms with Gasteiger partial charge in [-0.2, -0.15) is 5.26 Å². The lowest BCUT2D eigenvalue weighted by atomic mass is 9.87. The predicted molar refractivity (Wildman–Crippen MR) is 170 cm³/mol. The van der Waals surface area contributed by atoms with Crippen LogP contribution in [0.15, 0.2) is 110 Å². The zero-order valence-corrected chi connectivity index (χ0v) is 24.3. The van der Waals surface area contributed by atoms with Crippen LogP contribution in [0.5, 0.6) is 5.75 Å². The predicted octanol–water partition coefficient (Wildman–Crippen LogP) is 9.47. The molecule has 0 radical (unpaired) electrons. The van der Waals surface area contributed by atoms with Gasteiger partial charge in [-0.25, -0.2) is 0 Å². The Hall–Kier alpha value is -4.55. The van der Waals surface area contributed by atoms with E-state index >= 15 is 0 Å². The molecule has 208 valence electrons. The van der Waals surface area contributed by atoms with Gasteiger partial charge in [0.05, 0.1) is 11.6 Å². The maximum absolute atomic E-state index is 9.64. The number of rotatable bonds is 11. The first-order valence-corrected chi connectivity index (χ1v) is 14.2. The lowest BCUT2D eigenvalue weighted by molar-refractivity contribution is 0.305. The molecule has 0 aromatic heterocycles. The third kappa shape index (κ3) is 8.72. The first-order chi connectivity index (χ1) is 19.7. The maximum Gasteiger partial charge on any atom is 0.127 e. The molecule has 0 aliphatic heterocycles. The van der Waals surface area contributed by atoms with E-state index in [1.807, 2.05) is 54.6 Å². The van der Waals surface area contributed by atoms with Gasteiger partial charge in [-0.15, -0.1) is 0 Å². The van der Waals surface area contributed by atoms with Gasteiger partial charge in [-0.05, 0) is 71.0 Å². The van der Waals surface area contributed by atoms with Crippen molar-refractivity contribution in [1.82, 2.24) is 0 Å². The fourth-order valence-corrected chi connectivity index (χ4v) is 4.75. The quantitative estimate of drug-likeness (QED) is 0.192. The SMILES string of the molecule is C=C(O)c1ccc(CCC(/C=C/c2ccccc2OCc2ccc(C(C)(C)C)cc2)Cc2ccc(C#N)cc2)cc1. The van der Waals surface area contributed by atoms with Crippen LogP contribution in [-0.4, -0.2) is 5.11 Å². The molecule has 4 aromatic rings. The van der Waals surface area contributed by atoms with E-state index in [1.165, 1.54) is 16.7 Å². The molecular weight excluding hydrogens is 502 g/mol. The van der Waals surface area contributed by atoms with E-state index in [0.29, 0.717) is 12.2 Å². The molecule has 0 aliphatic rings. The number of aliphatic hydroxyl groups is 1. The Balaban J connectivity index is 1.48. The molecule has 0 bridgehead atoms. The summed E-state index contributed by atoms with van der Waals surface area (Å²) in [5.41, 5.74) is 7.47. The van der Waals surface area contributed by atoms with E-state index in [9.17, 15) is 10.4 Å². The summed E-state index contributed by atoms with van der Waals surface area (Å²) in [6, 6.07) is 34.8. The molecule has 41 heavy (non-hydrogen) atoms. The number of aliphatic hydroxyl groups excluding tert-OH is 1. The van der Waals surface area contributed by atoms with Crippen molar-refractivity contribution >= 4 is 11.8 Å². The second-order valence-corrected chi connectivity index (χ2v) is 11.6. The van der Waals surface area contributed by atoms with Crippen molar-refractivity contribution in [3.8, 4) is 11.8 Å². The van der Waals surface area contributed by atoms with Crippen LogP contribution in [0, 0.1) is 17.2 Å². The summed E-state index contributed by atoms with van der Waals surface area (Å²) < 4.78 is 6.28. The van der Waals surface area contributed by atoms with Gasteiger partial charge in [0.1, 0.15) is 18.1 Å². The van der Waals surface area contributed by atoms with Crippen LogP contribution in [0.3, 0.4) is 0 Å². The number of nitriles is 1. The zero-order valence-electron chi connectivity index (χ0n) is 24.3. The molecule has 1 N–H and O–H groups in total. The summed E-state index contributed by atoms with van der Waals surface area (Å²) in [4.78, 5) is 0. The number of hydrogen-bond donors (Lipinski definition) is 1. The molecule has 0 heterocycles. The molecule has 1 atom stereocenters. The molecule has 3 nitrogen and oxygen atoms in total. The van der Waals surface area contributed by atoms with Crippen molar-refractivity contribution in [3.05, 3.63) is 149 Å². The summed E-state index contributed by atoms with van der Waals surface area (Å²) in [5, 5.41) is 18.8. The third-order valence-electron chi connectivity index (χ3n) is 7.35. The first kappa shape index (κ1) is 29.4. The first-order valence-electron chi connectivity index (χ1n) is 14.2. The number of allylic oxidation sites excluding steroid dienone is 1. The molecule has 4 aromatic carbocycles. The van der Waals surface area contributed by atoms with Crippen molar-refractivity contribution in [2.45, 2.75) is 52.1 Å². The Bertz CT molecular complexity index is 1500. The summed E-state index contributed by atoms with van der Waals surface area (Å²) in [5.74, 6) is 1.23. The number of aryl methyl sites for hydroxylation is 1. The molecule has 0 aliphatic carbocycles. The van der Waals surface area contributed by atoms with E-state index in [0.717, 1.165) is 41.7 Å². The standard InChI is InChI=1S/C38H39NO2/c1-28(40)34-20-15-29(16-21-34)9-10-31(25-30-11-13-32(26-39)14-12-30)17-22-35-7-5-6-8-37(35)41-27-33-18-23-36(24-19-33)38(2,3)4/h5-8,11-24,31,40H,1,9-10,25,27H2,2-4H3/b22-17+. The molecule has 1 unspecified atom stereocenters. The Kier molecular flexibility index (Phi) is 9.82. The molecular formula is C38H39NO2. The van der Waals surface area contributed by atoms with Gasteiger partial charge in [0.2, 0.25) is 0 Å². The number of nitrogens with zero attached hydrogens (tertiary/aromatic N) is 1. The van der Waals surface area contributed by atoms with Crippen molar-refractivity contribution in [2.75, 3.05) is 0 Å². The largest absolute Gasteiger partial charge is 0.508 e. The minimum atomic E-state index is 0.0842. The molecule has 0 spiro atoms. The number of benzene rings is 4. The highest BCUT2D eigenvalue weighted by molar-refractivity contribution is 5.58. The van der Waals surface area contributed by atoms with Crippen molar-refractivity contribution in [2.24, 2.45) is 5.92 Å². The van der Waals surface area contributed by atoms with E-state index < -0.39 is 0 Å². The summed E-state index contributed by atoms with van der Waals surface area (Å²) in [6.07, 6.45) is 7.19. The van der Waals surface area contributed by atoms with Gasteiger partial charge in [0.25, 0.3) is 0 Å². The zero-order chi connectivity index (χ0) is 29.2. The molecule has 0 amide bonds. The van der Waals surface area contributed by atoms with Crippen LogP contribution in [0.4, 0.5) is 0 Å². The highest BCUT2D eigenvalue weighted by Gasteiger charge is 2.13. The number of para-hydroxylation sites is 1. The van der Waals surface area contributed by atoms with Crippen molar-refractivity contribution in [1.29, 1.82) is 5.26 Å². The van der Waals surface area contributed by atoms with Crippen LogP contribution in [0.25, 0.3) is 11.8 Å². The fourth-order valence-electron chi connectivity index (χ4n) is 4.75. The topological polar surface area (TPSA) is 53.2 Å². The van der Waals surface area contributed by atoms with Gasteiger partial charge in [-0.3, -0.25) is 0 Å². The second-order valence-electron chi connectivity index (χ2n) is 11.6. The minimum absolute atomic E-state index is 0.0842. The van der Waals surface area contributed by atoms with Crippen molar-refractivity contribution < 1.29 is 9.84 Å². The summed E-state index contributed by atoms with van der Waals surface area (Å²) in [6.45, 7) is 10.8. The fraction of sp³-hybridized carbons (Fsp3) is 0.237. The molecule has 3 heteroatoms. The van der Waals surface area contributed by atoms with Crippen LogP contribution >= 0.6 is 0 Å². The average molecular weight is 542 g/mol. The van der Waals surface area contributed by atoms with Gasteiger partial charge in [-0.1, -0.05) is 118 Å². The van der Waals surface area contributed by atoms with Gasteiger partial charge in [0.15, 0.2) is 0 Å². The van der Waals surface area contributed by atoms with E-state index in [4.69, 9.17) is 4.74 Å². The van der Waals surface area contributed by atoms with Gasteiger partial charge < -0.3 is 9.84 Å². The van der Waals surface area contributed by atoms with Crippen LogP contribution < -0.4 is 4.74 Å². The Morgan fingerprint density at radius 3 is 2.15 bits per heavy atom. The van der Waals surface area contributed by atoms with Crippen molar-refractivity contribution in [3.63, 3.8) is 0 Å². The van der Waals surface area contributed by atoms with E-state index in [-0.39, 0.29) is 17.1 Å². The Morgan fingerprint density at radius 1 is 0.878 bits per heavy atom. The summed E-state index contributed by atoms with van der Waals surface area (Å²) in [7, 11) is 0. The van der Waals surface area contributed by atoms with Crippen LogP contribution in [0.1, 0.15) is 66.1 Å². The van der Waals surface area contributed by atoms with E-state index in [2.05, 4.69) is 88.0 Å². The normalized spacial score (nSPS) is 12.1.